The van der Waals surface area contributed by atoms with Crippen LogP contribution in [-0.2, 0) is 14.3 Å². The number of anilines is 1. The van der Waals surface area contributed by atoms with Crippen LogP contribution in [0, 0.1) is 11.3 Å². The van der Waals surface area contributed by atoms with Gasteiger partial charge >= 0.3 is 12.1 Å². The molecule has 170 valence electrons. The van der Waals surface area contributed by atoms with Crippen LogP contribution in [0.5, 0.6) is 0 Å². The number of carbonyl (C=O) groups is 3. The molecule has 0 aliphatic heterocycles. The molecule has 0 fully saturated rings. The van der Waals surface area contributed by atoms with Crippen LogP contribution in [0.2, 0.25) is 0 Å². The second-order valence-electron chi connectivity index (χ2n) is 7.65. The number of pyridine rings is 1. The van der Waals surface area contributed by atoms with Crippen molar-refractivity contribution in [3.05, 3.63) is 83.6 Å². The summed E-state index contributed by atoms with van der Waals surface area (Å²) in [6, 6.07) is 19.1. The molecule has 0 radical (unpaired) electrons. The zero-order valence-corrected chi connectivity index (χ0v) is 17.9. The van der Waals surface area contributed by atoms with E-state index in [0.717, 1.165) is 22.3 Å². The molecule has 3 aromatic rings. The molecule has 1 aliphatic rings. The molecule has 9 nitrogen and oxygen atoms in total. The molecular weight excluding hydrogens is 436 g/mol. The van der Waals surface area contributed by atoms with E-state index in [9.17, 15) is 19.5 Å². The van der Waals surface area contributed by atoms with E-state index < -0.39 is 30.4 Å². The monoisotopic (exact) mass is 456 g/mol. The molecule has 1 aromatic heterocycles. The molecule has 1 atom stereocenters. The largest absolute Gasteiger partial charge is 0.481 e. The fourth-order valence-electron chi connectivity index (χ4n) is 3.91. The number of hydrogen-bond acceptors (Lipinski definition) is 6. The summed E-state index contributed by atoms with van der Waals surface area (Å²) in [5.74, 6) is -2.10. The van der Waals surface area contributed by atoms with Gasteiger partial charge in [0.2, 0.25) is 5.91 Å². The third kappa shape index (κ3) is 4.86. The number of carbonyl (C=O) groups excluding carboxylic acids is 2. The summed E-state index contributed by atoms with van der Waals surface area (Å²) in [5.41, 5.74) is 4.51. The highest BCUT2D eigenvalue weighted by Crippen LogP contribution is 2.44. The average Bonchev–Trinajstić information content (AvgIpc) is 3.16. The van der Waals surface area contributed by atoms with E-state index in [-0.39, 0.29) is 18.3 Å². The van der Waals surface area contributed by atoms with E-state index >= 15 is 0 Å². The van der Waals surface area contributed by atoms with Gasteiger partial charge in [-0.1, -0.05) is 48.5 Å². The topological polar surface area (TPSA) is 141 Å². The maximum absolute atomic E-state index is 12.6. The highest BCUT2D eigenvalue weighted by molar-refractivity contribution is 5.98. The Hall–Kier alpha value is -4.71. The van der Waals surface area contributed by atoms with Crippen molar-refractivity contribution in [3.8, 4) is 17.2 Å². The number of hydrogen-bond donors (Lipinski definition) is 3. The second kappa shape index (κ2) is 9.83. The van der Waals surface area contributed by atoms with Crippen molar-refractivity contribution in [2.45, 2.75) is 18.4 Å². The second-order valence-corrected chi connectivity index (χ2v) is 7.65. The molecule has 2 aromatic carbocycles. The van der Waals surface area contributed by atoms with Gasteiger partial charge in [-0.05, 0) is 34.4 Å². The average molecular weight is 456 g/mol. The van der Waals surface area contributed by atoms with Gasteiger partial charge in [0.15, 0.2) is 0 Å². The van der Waals surface area contributed by atoms with Gasteiger partial charge in [0.1, 0.15) is 24.5 Å². The molecule has 34 heavy (non-hydrogen) atoms. The highest BCUT2D eigenvalue weighted by atomic mass is 16.5. The number of amides is 2. The van der Waals surface area contributed by atoms with Crippen LogP contribution in [0.4, 0.5) is 10.6 Å². The summed E-state index contributed by atoms with van der Waals surface area (Å²) >= 11 is 0. The van der Waals surface area contributed by atoms with E-state index in [0.29, 0.717) is 5.56 Å². The van der Waals surface area contributed by atoms with Crippen LogP contribution in [0.25, 0.3) is 11.1 Å². The first-order valence-corrected chi connectivity index (χ1v) is 10.5. The molecule has 1 heterocycles. The standard InChI is InChI=1S/C25H20N4O5/c26-12-15-9-10-22(27-13-15)29-24(32)21(11-23(30)31)28-25(33)34-14-20-18-7-3-1-5-16(18)17-6-2-4-8-19(17)20/h1-10,13,20-21H,11,14H2,(H,28,33)(H,30,31)(H,27,29,32). The van der Waals surface area contributed by atoms with E-state index in [1.165, 1.54) is 18.3 Å². The Labute approximate surface area is 195 Å². The van der Waals surface area contributed by atoms with Gasteiger partial charge in [-0.25, -0.2) is 9.78 Å². The Morgan fingerprint density at radius 2 is 1.68 bits per heavy atom. The molecule has 0 saturated carbocycles. The van der Waals surface area contributed by atoms with Crippen LogP contribution >= 0.6 is 0 Å². The molecule has 1 unspecified atom stereocenters. The summed E-state index contributed by atoms with van der Waals surface area (Å²) in [7, 11) is 0. The number of carboxylic acid groups (broad SMARTS) is 1. The molecule has 2 amide bonds. The van der Waals surface area contributed by atoms with Crippen LogP contribution in [-0.4, -0.2) is 40.7 Å². The Morgan fingerprint density at radius 3 is 2.24 bits per heavy atom. The van der Waals surface area contributed by atoms with Gasteiger partial charge in [0.05, 0.1) is 12.0 Å². The summed E-state index contributed by atoms with van der Waals surface area (Å²) < 4.78 is 5.41. The third-order valence-electron chi connectivity index (χ3n) is 5.47. The van der Waals surface area contributed by atoms with Crippen molar-refractivity contribution in [1.29, 1.82) is 5.26 Å². The van der Waals surface area contributed by atoms with Crippen LogP contribution in [0.1, 0.15) is 29.0 Å². The smallest absolute Gasteiger partial charge is 0.407 e. The number of rotatable bonds is 7. The van der Waals surface area contributed by atoms with E-state index in [1.54, 1.807) is 0 Å². The van der Waals surface area contributed by atoms with Gasteiger partial charge < -0.3 is 20.5 Å². The minimum Gasteiger partial charge on any atom is -0.481 e. The van der Waals surface area contributed by atoms with Crippen molar-refractivity contribution in [3.63, 3.8) is 0 Å². The lowest BCUT2D eigenvalue weighted by molar-refractivity contribution is -0.139. The van der Waals surface area contributed by atoms with Crippen molar-refractivity contribution < 1.29 is 24.2 Å². The SMILES string of the molecule is N#Cc1ccc(NC(=O)C(CC(=O)O)NC(=O)OCC2c3ccccc3-c3ccccc32)nc1. The minimum absolute atomic E-state index is 0.0262. The lowest BCUT2D eigenvalue weighted by Gasteiger charge is -2.18. The minimum atomic E-state index is -1.38. The number of aliphatic carboxylic acids is 1. The number of aromatic nitrogens is 1. The number of alkyl carbamates (subject to hydrolysis) is 1. The normalized spacial score (nSPS) is 12.6. The zero-order chi connectivity index (χ0) is 24.1. The van der Waals surface area contributed by atoms with Gasteiger partial charge in [-0.15, -0.1) is 0 Å². The lowest BCUT2D eigenvalue weighted by atomic mass is 9.98. The first-order valence-electron chi connectivity index (χ1n) is 10.5. The van der Waals surface area contributed by atoms with Crippen LogP contribution in [0.3, 0.4) is 0 Å². The number of carboxylic acids is 1. The Morgan fingerprint density at radius 1 is 1.03 bits per heavy atom. The Kier molecular flexibility index (Phi) is 6.50. The summed E-state index contributed by atoms with van der Waals surface area (Å²) in [6.07, 6.45) is -0.288. The highest BCUT2D eigenvalue weighted by Gasteiger charge is 2.30. The molecule has 1 aliphatic carbocycles. The van der Waals surface area contributed by atoms with Crippen molar-refractivity contribution in [1.82, 2.24) is 10.3 Å². The predicted octanol–water partition coefficient (Wildman–Crippen LogP) is 3.27. The Balaban J connectivity index is 1.42. The zero-order valence-electron chi connectivity index (χ0n) is 17.9. The molecule has 4 rings (SSSR count). The number of nitrogens with zero attached hydrogens (tertiary/aromatic N) is 2. The first kappa shape index (κ1) is 22.5. The van der Waals surface area contributed by atoms with E-state index in [1.807, 2.05) is 54.6 Å². The third-order valence-corrected chi connectivity index (χ3v) is 5.47. The molecule has 0 spiro atoms. The van der Waals surface area contributed by atoms with Crippen LogP contribution < -0.4 is 10.6 Å². The van der Waals surface area contributed by atoms with Gasteiger partial charge in [0.25, 0.3) is 0 Å². The Bertz CT molecular complexity index is 1240. The number of benzene rings is 2. The van der Waals surface area contributed by atoms with Crippen molar-refractivity contribution in [2.75, 3.05) is 11.9 Å². The predicted molar refractivity (Wildman–Crippen MR) is 122 cm³/mol. The molecule has 9 heteroatoms. The molecule has 0 saturated heterocycles. The fourth-order valence-corrected chi connectivity index (χ4v) is 3.91. The molecule has 3 N–H and O–H groups in total. The van der Waals surface area contributed by atoms with Gasteiger partial charge in [-0.2, -0.15) is 5.26 Å². The van der Waals surface area contributed by atoms with Gasteiger partial charge in [0, 0.05) is 12.1 Å². The molecule has 0 bridgehead atoms. The summed E-state index contributed by atoms with van der Waals surface area (Å²) in [5, 5.41) is 22.8. The number of fused-ring (bicyclic) bond motifs is 3. The van der Waals surface area contributed by atoms with Crippen molar-refractivity contribution >= 4 is 23.8 Å². The first-order chi connectivity index (χ1) is 16.5. The van der Waals surface area contributed by atoms with Crippen molar-refractivity contribution in [2.24, 2.45) is 0 Å². The maximum Gasteiger partial charge on any atom is 0.407 e. The fraction of sp³-hybridized carbons (Fsp3) is 0.160. The number of nitriles is 1. The molecular formula is C25H20N4O5. The van der Waals surface area contributed by atoms with E-state index in [4.69, 9.17) is 10.00 Å². The lowest BCUT2D eigenvalue weighted by Crippen LogP contribution is -2.45. The summed E-state index contributed by atoms with van der Waals surface area (Å²) in [6.45, 7) is 0.0262. The number of nitrogens with one attached hydrogen (secondary N) is 2. The van der Waals surface area contributed by atoms with E-state index in [2.05, 4.69) is 15.6 Å². The summed E-state index contributed by atoms with van der Waals surface area (Å²) in [4.78, 5) is 40.2. The van der Waals surface area contributed by atoms with Crippen LogP contribution in [0.15, 0.2) is 66.9 Å². The quantitative estimate of drug-likeness (QED) is 0.495. The van der Waals surface area contributed by atoms with Gasteiger partial charge in [-0.3, -0.25) is 9.59 Å². The maximum atomic E-state index is 12.6. The number of ether oxygens (including phenoxy) is 1.